The Morgan fingerprint density at radius 3 is 2.65 bits per heavy atom. The van der Waals surface area contributed by atoms with Crippen molar-refractivity contribution in [3.63, 3.8) is 0 Å². The number of ether oxygens (including phenoxy) is 1. The lowest BCUT2D eigenvalue weighted by Gasteiger charge is -2.10. The van der Waals surface area contributed by atoms with E-state index >= 15 is 0 Å². The van der Waals surface area contributed by atoms with Gasteiger partial charge in [-0.3, -0.25) is 4.79 Å². The van der Waals surface area contributed by atoms with E-state index in [4.69, 9.17) is 9.84 Å². The minimum atomic E-state index is -1.15. The Balaban J connectivity index is 1.92. The summed E-state index contributed by atoms with van der Waals surface area (Å²) >= 11 is 0. The number of carboxylic acid groups (broad SMARTS) is 1. The molecule has 0 aliphatic rings. The van der Waals surface area contributed by atoms with E-state index in [0.717, 1.165) is 15.9 Å². The first-order chi connectivity index (χ1) is 11.0. The molecule has 0 aliphatic heterocycles. The summed E-state index contributed by atoms with van der Waals surface area (Å²) in [5.41, 5.74) is 1.92. The Labute approximate surface area is 132 Å². The summed E-state index contributed by atoms with van der Waals surface area (Å²) in [6.07, 6.45) is -1.09. The molecule has 9 nitrogen and oxygen atoms in total. The van der Waals surface area contributed by atoms with Gasteiger partial charge in [-0.1, -0.05) is 29.8 Å². The number of aromatic nitrogens is 4. The zero-order valence-electron chi connectivity index (χ0n) is 12.8. The van der Waals surface area contributed by atoms with Gasteiger partial charge in [0.15, 0.2) is 6.10 Å². The zero-order chi connectivity index (χ0) is 16.8. The number of hydrogen-bond acceptors (Lipinski definition) is 6. The SMILES string of the molecule is COC(CNC(=O)Cn1nnc(-c2ccc(C)cc2)n1)C(=O)O. The topological polar surface area (TPSA) is 119 Å². The predicted molar refractivity (Wildman–Crippen MR) is 79.4 cm³/mol. The molecule has 23 heavy (non-hydrogen) atoms. The minimum Gasteiger partial charge on any atom is -0.479 e. The second-order valence-electron chi connectivity index (χ2n) is 4.88. The maximum atomic E-state index is 11.8. The van der Waals surface area contributed by atoms with E-state index < -0.39 is 18.0 Å². The van der Waals surface area contributed by atoms with E-state index in [9.17, 15) is 9.59 Å². The van der Waals surface area contributed by atoms with Crippen LogP contribution in [0.4, 0.5) is 0 Å². The fourth-order valence-corrected chi connectivity index (χ4v) is 1.79. The molecule has 2 N–H and O–H groups in total. The third-order valence-electron chi connectivity index (χ3n) is 3.09. The number of carboxylic acids is 1. The first kappa shape index (κ1) is 16.6. The van der Waals surface area contributed by atoms with Crippen molar-refractivity contribution < 1.29 is 19.4 Å². The molecule has 122 valence electrons. The van der Waals surface area contributed by atoms with E-state index in [1.165, 1.54) is 7.11 Å². The maximum absolute atomic E-state index is 11.8. The molecule has 1 aromatic heterocycles. The van der Waals surface area contributed by atoms with Gasteiger partial charge in [-0.2, -0.15) is 4.80 Å². The highest BCUT2D eigenvalue weighted by Crippen LogP contribution is 2.13. The van der Waals surface area contributed by atoms with Gasteiger partial charge in [0.1, 0.15) is 6.54 Å². The second-order valence-corrected chi connectivity index (χ2v) is 4.88. The molecule has 9 heteroatoms. The minimum absolute atomic E-state index is 0.135. The molecule has 0 bridgehead atoms. The summed E-state index contributed by atoms with van der Waals surface area (Å²) in [6, 6.07) is 7.60. The van der Waals surface area contributed by atoms with Crippen LogP contribution in [0.15, 0.2) is 24.3 Å². The number of amides is 1. The first-order valence-corrected chi connectivity index (χ1v) is 6.86. The molecule has 1 heterocycles. The Morgan fingerprint density at radius 2 is 2.04 bits per heavy atom. The summed E-state index contributed by atoms with van der Waals surface area (Å²) in [4.78, 5) is 23.7. The van der Waals surface area contributed by atoms with Crippen LogP contribution in [0.25, 0.3) is 11.4 Å². The molecule has 0 aliphatic carbocycles. The number of carbonyl (C=O) groups excluding carboxylic acids is 1. The van der Waals surface area contributed by atoms with Crippen molar-refractivity contribution in [2.45, 2.75) is 19.6 Å². The van der Waals surface area contributed by atoms with Gasteiger partial charge in [0.05, 0.1) is 6.54 Å². The van der Waals surface area contributed by atoms with Crippen molar-refractivity contribution in [3.05, 3.63) is 29.8 Å². The number of rotatable bonds is 7. The summed E-state index contributed by atoms with van der Waals surface area (Å²) in [6.45, 7) is 1.68. The van der Waals surface area contributed by atoms with Gasteiger partial charge in [-0.15, -0.1) is 10.2 Å². The quantitative estimate of drug-likeness (QED) is 0.729. The van der Waals surface area contributed by atoms with Crippen LogP contribution in [0, 0.1) is 6.92 Å². The second kappa shape index (κ2) is 7.45. The van der Waals surface area contributed by atoms with E-state index in [-0.39, 0.29) is 13.1 Å². The van der Waals surface area contributed by atoms with Gasteiger partial charge < -0.3 is 15.2 Å². The lowest BCUT2D eigenvalue weighted by Crippen LogP contribution is -2.39. The number of benzene rings is 1. The predicted octanol–water partition coefficient (Wildman–Crippen LogP) is -0.136. The largest absolute Gasteiger partial charge is 0.479 e. The Kier molecular flexibility index (Phi) is 5.36. The van der Waals surface area contributed by atoms with Crippen LogP contribution in [0.3, 0.4) is 0 Å². The molecule has 1 aromatic carbocycles. The lowest BCUT2D eigenvalue weighted by atomic mass is 10.1. The van der Waals surface area contributed by atoms with E-state index in [2.05, 4.69) is 20.7 Å². The summed E-state index contributed by atoms with van der Waals surface area (Å²) in [5.74, 6) is -1.16. The highest BCUT2D eigenvalue weighted by molar-refractivity contribution is 5.77. The molecule has 2 rings (SSSR count). The summed E-state index contributed by atoms with van der Waals surface area (Å²) in [7, 11) is 1.26. The normalized spacial score (nSPS) is 11.9. The summed E-state index contributed by atoms with van der Waals surface area (Å²) in [5, 5.41) is 23.1. The third-order valence-corrected chi connectivity index (χ3v) is 3.09. The number of aryl methyl sites for hydroxylation is 1. The van der Waals surface area contributed by atoms with E-state index in [1.54, 1.807) is 0 Å². The van der Waals surface area contributed by atoms with Crippen LogP contribution in [-0.4, -0.2) is 56.9 Å². The summed E-state index contributed by atoms with van der Waals surface area (Å²) < 4.78 is 4.72. The standard InChI is InChI=1S/C14H17N5O4/c1-9-3-5-10(6-4-9)13-16-18-19(17-13)8-12(20)15-7-11(23-2)14(21)22/h3-6,11H,7-8H2,1-2H3,(H,15,20)(H,21,22). The molecule has 1 unspecified atom stereocenters. The molecule has 0 radical (unpaired) electrons. The van der Waals surface area contributed by atoms with Crippen molar-refractivity contribution in [1.82, 2.24) is 25.5 Å². The fourth-order valence-electron chi connectivity index (χ4n) is 1.79. The molecule has 1 amide bonds. The van der Waals surface area contributed by atoms with Gasteiger partial charge in [0.2, 0.25) is 11.7 Å². The van der Waals surface area contributed by atoms with Crippen LogP contribution in [0.1, 0.15) is 5.56 Å². The number of nitrogens with one attached hydrogen (secondary N) is 1. The van der Waals surface area contributed by atoms with Gasteiger partial charge in [-0.05, 0) is 12.1 Å². The molecule has 2 aromatic rings. The van der Waals surface area contributed by atoms with Gasteiger partial charge >= 0.3 is 5.97 Å². The van der Waals surface area contributed by atoms with Crippen LogP contribution in [-0.2, 0) is 20.9 Å². The number of tetrazole rings is 1. The average Bonchev–Trinajstić information content (AvgIpc) is 2.96. The van der Waals surface area contributed by atoms with Crippen molar-refractivity contribution in [2.75, 3.05) is 13.7 Å². The number of methoxy groups -OCH3 is 1. The molecule has 0 fully saturated rings. The van der Waals surface area contributed by atoms with Gasteiger partial charge in [-0.25, -0.2) is 4.79 Å². The number of nitrogens with zero attached hydrogens (tertiary/aromatic N) is 4. The van der Waals surface area contributed by atoms with Crippen LogP contribution in [0.5, 0.6) is 0 Å². The average molecular weight is 319 g/mol. The van der Waals surface area contributed by atoms with E-state index in [1.807, 2.05) is 31.2 Å². The van der Waals surface area contributed by atoms with Gasteiger partial charge in [0, 0.05) is 12.7 Å². The monoisotopic (exact) mass is 319 g/mol. The highest BCUT2D eigenvalue weighted by atomic mass is 16.5. The van der Waals surface area contributed by atoms with Crippen LogP contribution < -0.4 is 5.32 Å². The lowest BCUT2D eigenvalue weighted by molar-refractivity contribution is -0.148. The number of hydrogen-bond donors (Lipinski definition) is 2. The Hall–Kier alpha value is -2.81. The molecule has 1 atom stereocenters. The van der Waals surface area contributed by atoms with E-state index in [0.29, 0.717) is 5.82 Å². The molecule has 0 saturated heterocycles. The fraction of sp³-hybridized carbons (Fsp3) is 0.357. The number of aliphatic carboxylic acids is 1. The Morgan fingerprint density at radius 1 is 1.35 bits per heavy atom. The smallest absolute Gasteiger partial charge is 0.334 e. The first-order valence-electron chi connectivity index (χ1n) is 6.86. The molecule has 0 saturated carbocycles. The third kappa shape index (κ3) is 4.58. The van der Waals surface area contributed by atoms with Gasteiger partial charge in [0.25, 0.3) is 0 Å². The van der Waals surface area contributed by atoms with Crippen molar-refractivity contribution in [1.29, 1.82) is 0 Å². The molecular formula is C14H17N5O4. The van der Waals surface area contributed by atoms with Crippen molar-refractivity contribution in [3.8, 4) is 11.4 Å². The molecule has 0 spiro atoms. The maximum Gasteiger partial charge on any atom is 0.334 e. The highest BCUT2D eigenvalue weighted by Gasteiger charge is 2.17. The van der Waals surface area contributed by atoms with Crippen LogP contribution >= 0.6 is 0 Å². The number of carbonyl (C=O) groups is 2. The Bertz CT molecular complexity index is 683. The van der Waals surface area contributed by atoms with Crippen LogP contribution in [0.2, 0.25) is 0 Å². The molecular weight excluding hydrogens is 302 g/mol. The zero-order valence-corrected chi connectivity index (χ0v) is 12.8. The van der Waals surface area contributed by atoms with Crippen molar-refractivity contribution in [2.24, 2.45) is 0 Å². The van der Waals surface area contributed by atoms with Crippen molar-refractivity contribution >= 4 is 11.9 Å².